The zero-order valence-electron chi connectivity index (χ0n) is 10.9. The fourth-order valence-electron chi connectivity index (χ4n) is 2.32. The van der Waals surface area contributed by atoms with E-state index in [9.17, 15) is 0 Å². The molecule has 1 unspecified atom stereocenters. The predicted molar refractivity (Wildman–Crippen MR) is 67.1 cm³/mol. The van der Waals surface area contributed by atoms with Gasteiger partial charge in [0.1, 0.15) is 0 Å². The third-order valence-corrected chi connectivity index (χ3v) is 3.17. The van der Waals surface area contributed by atoms with Gasteiger partial charge in [0.25, 0.3) is 0 Å². The van der Waals surface area contributed by atoms with E-state index >= 15 is 0 Å². The molecule has 0 aromatic heterocycles. The molecule has 1 rings (SSSR count). The van der Waals surface area contributed by atoms with E-state index < -0.39 is 0 Å². The topological polar surface area (TPSA) is 39.1 Å². The molecule has 0 amide bonds. The summed E-state index contributed by atoms with van der Waals surface area (Å²) >= 11 is 0. The molecule has 0 saturated carbocycles. The van der Waals surface area contributed by atoms with Crippen LogP contribution >= 0.6 is 0 Å². The SMILES string of the molecule is CCCCN1CC(CC#N)NCC(C)(C)C1. The van der Waals surface area contributed by atoms with E-state index in [1.54, 1.807) is 0 Å². The van der Waals surface area contributed by atoms with Crippen LogP contribution in [0.5, 0.6) is 0 Å². The number of hydrogen-bond donors (Lipinski definition) is 1. The highest BCUT2D eigenvalue weighted by molar-refractivity contribution is 4.89. The summed E-state index contributed by atoms with van der Waals surface area (Å²) in [7, 11) is 0. The summed E-state index contributed by atoms with van der Waals surface area (Å²) in [6, 6.07) is 2.63. The van der Waals surface area contributed by atoms with Crippen LogP contribution in [-0.4, -0.2) is 37.1 Å². The van der Waals surface area contributed by atoms with Crippen LogP contribution < -0.4 is 5.32 Å². The van der Waals surface area contributed by atoms with Crippen molar-refractivity contribution in [2.24, 2.45) is 5.41 Å². The Morgan fingerprint density at radius 1 is 1.50 bits per heavy atom. The van der Waals surface area contributed by atoms with Crippen molar-refractivity contribution < 1.29 is 0 Å². The lowest BCUT2D eigenvalue weighted by atomic mass is 9.93. The van der Waals surface area contributed by atoms with Gasteiger partial charge in [0.05, 0.1) is 12.5 Å². The fraction of sp³-hybridized carbons (Fsp3) is 0.923. The van der Waals surface area contributed by atoms with Crippen molar-refractivity contribution in [2.45, 2.75) is 46.1 Å². The van der Waals surface area contributed by atoms with E-state index in [1.165, 1.54) is 19.4 Å². The van der Waals surface area contributed by atoms with E-state index in [-0.39, 0.29) is 0 Å². The van der Waals surface area contributed by atoms with Gasteiger partial charge in [-0.1, -0.05) is 27.2 Å². The highest BCUT2D eigenvalue weighted by Crippen LogP contribution is 2.20. The van der Waals surface area contributed by atoms with Crippen LogP contribution in [0.4, 0.5) is 0 Å². The van der Waals surface area contributed by atoms with Gasteiger partial charge >= 0.3 is 0 Å². The number of nitrogens with one attached hydrogen (secondary N) is 1. The molecule has 1 heterocycles. The van der Waals surface area contributed by atoms with E-state index in [2.05, 4.69) is 37.1 Å². The van der Waals surface area contributed by atoms with Crippen molar-refractivity contribution in [3.05, 3.63) is 0 Å². The third kappa shape index (κ3) is 4.51. The van der Waals surface area contributed by atoms with Crippen molar-refractivity contribution in [3.8, 4) is 6.07 Å². The largest absolute Gasteiger partial charge is 0.311 e. The van der Waals surface area contributed by atoms with Crippen LogP contribution in [-0.2, 0) is 0 Å². The summed E-state index contributed by atoms with van der Waals surface area (Å²) in [6.45, 7) is 11.2. The van der Waals surface area contributed by atoms with Crippen LogP contribution in [0.3, 0.4) is 0 Å². The summed E-state index contributed by atoms with van der Waals surface area (Å²) in [5, 5.41) is 12.3. The molecule has 16 heavy (non-hydrogen) atoms. The smallest absolute Gasteiger partial charge is 0.0638 e. The molecule has 0 radical (unpaired) electrons. The normalized spacial score (nSPS) is 26.0. The van der Waals surface area contributed by atoms with Crippen LogP contribution in [0.1, 0.15) is 40.0 Å². The zero-order chi connectivity index (χ0) is 12.0. The monoisotopic (exact) mass is 223 g/mol. The van der Waals surface area contributed by atoms with Gasteiger partial charge in [-0.25, -0.2) is 0 Å². The first-order valence-corrected chi connectivity index (χ1v) is 6.40. The minimum absolute atomic E-state index is 0.317. The minimum atomic E-state index is 0.317. The maximum atomic E-state index is 8.79. The zero-order valence-corrected chi connectivity index (χ0v) is 10.9. The first-order valence-electron chi connectivity index (χ1n) is 6.40. The molecule has 0 aliphatic carbocycles. The maximum Gasteiger partial charge on any atom is 0.0638 e. The van der Waals surface area contributed by atoms with Gasteiger partial charge < -0.3 is 10.2 Å². The standard InChI is InChI=1S/C13H25N3/c1-4-5-8-16-9-12(6-7-14)15-10-13(2,3)11-16/h12,15H,4-6,8-11H2,1-3H3. The first kappa shape index (κ1) is 13.5. The second-order valence-electron chi connectivity index (χ2n) is 5.69. The van der Waals surface area contributed by atoms with E-state index in [4.69, 9.17) is 5.26 Å². The lowest BCUT2D eigenvalue weighted by Crippen LogP contribution is -2.37. The minimum Gasteiger partial charge on any atom is -0.311 e. The summed E-state index contributed by atoms with van der Waals surface area (Å²) in [6.07, 6.45) is 3.13. The number of nitrogens with zero attached hydrogens (tertiary/aromatic N) is 2. The van der Waals surface area contributed by atoms with Crippen molar-refractivity contribution in [1.29, 1.82) is 5.26 Å². The summed E-state index contributed by atoms with van der Waals surface area (Å²) in [5.41, 5.74) is 0.317. The molecule has 1 aliphatic heterocycles. The van der Waals surface area contributed by atoms with Crippen molar-refractivity contribution in [2.75, 3.05) is 26.2 Å². The fourth-order valence-corrected chi connectivity index (χ4v) is 2.32. The Kier molecular flexibility index (Phi) is 5.24. The molecule has 1 fully saturated rings. The van der Waals surface area contributed by atoms with E-state index in [1.807, 2.05) is 0 Å². The average Bonchev–Trinajstić information content (AvgIpc) is 2.35. The highest BCUT2D eigenvalue weighted by Gasteiger charge is 2.28. The maximum absolute atomic E-state index is 8.79. The molecule has 3 nitrogen and oxygen atoms in total. The summed E-state index contributed by atoms with van der Waals surface area (Å²) < 4.78 is 0. The predicted octanol–water partition coefficient (Wildman–Crippen LogP) is 2.00. The number of rotatable bonds is 4. The van der Waals surface area contributed by atoms with Crippen LogP contribution in [0.2, 0.25) is 0 Å². The Bertz CT molecular complexity index is 242. The molecule has 1 N–H and O–H groups in total. The molecular formula is C13H25N3. The molecule has 0 bridgehead atoms. The average molecular weight is 223 g/mol. The lowest BCUT2D eigenvalue weighted by molar-refractivity contribution is 0.199. The van der Waals surface area contributed by atoms with Gasteiger partial charge in [-0.3, -0.25) is 0 Å². The molecule has 92 valence electrons. The van der Waals surface area contributed by atoms with Crippen LogP contribution in [0.25, 0.3) is 0 Å². The van der Waals surface area contributed by atoms with Gasteiger partial charge in [-0.15, -0.1) is 0 Å². The Balaban J connectivity index is 2.55. The Labute approximate surface area is 99.8 Å². The van der Waals surface area contributed by atoms with Crippen molar-refractivity contribution >= 4 is 0 Å². The molecular weight excluding hydrogens is 198 g/mol. The lowest BCUT2D eigenvalue weighted by Gasteiger charge is -2.29. The van der Waals surface area contributed by atoms with Crippen LogP contribution in [0.15, 0.2) is 0 Å². The Morgan fingerprint density at radius 3 is 2.88 bits per heavy atom. The van der Waals surface area contributed by atoms with Gasteiger partial charge in [0.15, 0.2) is 0 Å². The highest BCUT2D eigenvalue weighted by atomic mass is 15.2. The molecule has 1 aliphatic rings. The Morgan fingerprint density at radius 2 is 2.25 bits per heavy atom. The quantitative estimate of drug-likeness (QED) is 0.792. The second kappa shape index (κ2) is 6.22. The number of unbranched alkanes of at least 4 members (excludes halogenated alkanes) is 1. The number of nitriles is 1. The van der Waals surface area contributed by atoms with E-state index in [0.29, 0.717) is 17.9 Å². The third-order valence-electron chi connectivity index (χ3n) is 3.17. The molecule has 3 heteroatoms. The van der Waals surface area contributed by atoms with Crippen molar-refractivity contribution in [1.82, 2.24) is 10.2 Å². The molecule has 0 aromatic rings. The van der Waals surface area contributed by atoms with E-state index in [0.717, 1.165) is 19.6 Å². The van der Waals surface area contributed by atoms with Crippen molar-refractivity contribution in [3.63, 3.8) is 0 Å². The van der Waals surface area contributed by atoms with Gasteiger partial charge in [0, 0.05) is 25.7 Å². The molecule has 1 saturated heterocycles. The number of hydrogen-bond acceptors (Lipinski definition) is 3. The summed E-state index contributed by atoms with van der Waals surface area (Å²) in [5.74, 6) is 0. The van der Waals surface area contributed by atoms with Gasteiger partial charge in [-0.05, 0) is 18.4 Å². The van der Waals surface area contributed by atoms with Gasteiger partial charge in [-0.2, -0.15) is 5.26 Å². The first-order chi connectivity index (χ1) is 7.57. The van der Waals surface area contributed by atoms with Crippen LogP contribution in [0, 0.1) is 16.7 Å². The Hall–Kier alpha value is -0.590. The molecule has 1 atom stereocenters. The van der Waals surface area contributed by atoms with Gasteiger partial charge in [0.2, 0.25) is 0 Å². The summed E-state index contributed by atoms with van der Waals surface area (Å²) in [4.78, 5) is 2.52. The second-order valence-corrected chi connectivity index (χ2v) is 5.69. The molecule has 0 spiro atoms. The molecule has 0 aromatic carbocycles.